The fourth-order valence-electron chi connectivity index (χ4n) is 4.09. The van der Waals surface area contributed by atoms with Gasteiger partial charge < -0.3 is 10.2 Å². The Morgan fingerprint density at radius 1 is 0.925 bits per heavy atom. The van der Waals surface area contributed by atoms with Gasteiger partial charge in [-0.1, -0.05) is 78.2 Å². The molecule has 7 nitrogen and oxygen atoms in total. The molecule has 0 aliphatic carbocycles. The van der Waals surface area contributed by atoms with Gasteiger partial charge in [0.05, 0.1) is 10.6 Å². The predicted octanol–water partition coefficient (Wildman–Crippen LogP) is 5.87. The number of anilines is 1. The van der Waals surface area contributed by atoms with E-state index < -0.39 is 28.5 Å². The third-order valence-corrected chi connectivity index (χ3v) is 8.90. The number of benzene rings is 3. The van der Waals surface area contributed by atoms with Crippen LogP contribution in [0.2, 0.25) is 10.0 Å². The first-order valence-electron chi connectivity index (χ1n) is 13.1. The molecular weight excluding hydrogens is 569 g/mol. The number of halogens is 2. The zero-order valence-corrected chi connectivity index (χ0v) is 25.4. The summed E-state index contributed by atoms with van der Waals surface area (Å²) in [7, 11) is -4.20. The molecule has 0 heterocycles. The Hall–Kier alpha value is -3.07. The SMILES string of the molecule is CC[C@@H](C)NC(=O)[C@H](C)N(CCc1ccccc1)C(=O)CN(c1cc(Cl)cc(Cl)c1)S(=O)(=O)c1ccc(C)cc1. The van der Waals surface area contributed by atoms with Gasteiger partial charge in [0.1, 0.15) is 12.6 Å². The molecule has 2 amide bonds. The Kier molecular flexibility index (Phi) is 11.0. The van der Waals surface area contributed by atoms with Crippen molar-refractivity contribution >= 4 is 50.7 Å². The van der Waals surface area contributed by atoms with Crippen molar-refractivity contribution in [2.75, 3.05) is 17.4 Å². The van der Waals surface area contributed by atoms with Gasteiger partial charge in [-0.05, 0) is 69.5 Å². The molecule has 10 heteroatoms. The highest BCUT2D eigenvalue weighted by molar-refractivity contribution is 7.92. The lowest BCUT2D eigenvalue weighted by molar-refractivity contribution is -0.139. The van der Waals surface area contributed by atoms with E-state index in [9.17, 15) is 18.0 Å². The van der Waals surface area contributed by atoms with Gasteiger partial charge in [-0.15, -0.1) is 0 Å². The molecule has 0 bridgehead atoms. The van der Waals surface area contributed by atoms with Crippen LogP contribution in [-0.4, -0.2) is 50.3 Å². The molecule has 0 spiro atoms. The Labute approximate surface area is 247 Å². The van der Waals surface area contributed by atoms with E-state index in [1.165, 1.54) is 35.2 Å². The van der Waals surface area contributed by atoms with E-state index in [0.29, 0.717) is 6.42 Å². The second kappa shape index (κ2) is 14.0. The van der Waals surface area contributed by atoms with Crippen LogP contribution >= 0.6 is 23.2 Å². The van der Waals surface area contributed by atoms with Gasteiger partial charge in [0.15, 0.2) is 0 Å². The maximum absolute atomic E-state index is 13.9. The Balaban J connectivity index is 2.01. The van der Waals surface area contributed by atoms with Crippen LogP contribution in [0.25, 0.3) is 0 Å². The minimum Gasteiger partial charge on any atom is -0.352 e. The summed E-state index contributed by atoms with van der Waals surface area (Å²) in [6, 6.07) is 19.4. The van der Waals surface area contributed by atoms with E-state index in [0.717, 1.165) is 21.9 Å². The number of carbonyl (C=O) groups excluding carboxylic acids is 2. The maximum Gasteiger partial charge on any atom is 0.264 e. The lowest BCUT2D eigenvalue weighted by Crippen LogP contribution is -2.53. The van der Waals surface area contributed by atoms with E-state index in [2.05, 4.69) is 5.32 Å². The lowest BCUT2D eigenvalue weighted by atomic mass is 10.1. The number of nitrogens with zero attached hydrogens (tertiary/aromatic N) is 2. The van der Waals surface area contributed by atoms with Gasteiger partial charge in [0.25, 0.3) is 10.0 Å². The highest BCUT2D eigenvalue weighted by atomic mass is 35.5. The van der Waals surface area contributed by atoms with Crippen molar-refractivity contribution < 1.29 is 18.0 Å². The van der Waals surface area contributed by atoms with Crippen LogP contribution in [0.5, 0.6) is 0 Å². The summed E-state index contributed by atoms with van der Waals surface area (Å²) in [6.07, 6.45) is 1.22. The average molecular weight is 605 g/mol. The third kappa shape index (κ3) is 8.22. The molecule has 214 valence electrons. The van der Waals surface area contributed by atoms with Crippen molar-refractivity contribution in [1.82, 2.24) is 10.2 Å². The first kappa shape index (κ1) is 31.5. The standard InChI is InChI=1S/C30H35Cl2N3O4S/c1-5-22(3)33-30(37)23(4)34(16-15-24-9-7-6-8-10-24)29(36)20-35(27-18-25(31)17-26(32)19-27)40(38,39)28-13-11-21(2)12-14-28/h6-14,17-19,22-23H,5,15-16,20H2,1-4H3,(H,33,37)/t22-,23+/m1/s1. The fourth-order valence-corrected chi connectivity index (χ4v) is 6.00. The molecule has 0 unspecified atom stereocenters. The zero-order valence-electron chi connectivity index (χ0n) is 23.1. The minimum atomic E-state index is -4.20. The Morgan fingerprint density at radius 3 is 2.10 bits per heavy atom. The van der Waals surface area contributed by atoms with Gasteiger partial charge >= 0.3 is 0 Å². The summed E-state index contributed by atoms with van der Waals surface area (Å²) >= 11 is 12.5. The number of hydrogen-bond acceptors (Lipinski definition) is 4. The summed E-state index contributed by atoms with van der Waals surface area (Å²) < 4.78 is 28.8. The van der Waals surface area contributed by atoms with Gasteiger partial charge in [0, 0.05) is 22.6 Å². The van der Waals surface area contributed by atoms with Crippen LogP contribution in [-0.2, 0) is 26.0 Å². The van der Waals surface area contributed by atoms with Crippen LogP contribution in [0.3, 0.4) is 0 Å². The zero-order chi connectivity index (χ0) is 29.4. The second-order valence-electron chi connectivity index (χ2n) is 9.77. The van der Waals surface area contributed by atoms with E-state index in [1.54, 1.807) is 19.1 Å². The van der Waals surface area contributed by atoms with Crippen LogP contribution in [0.4, 0.5) is 5.69 Å². The van der Waals surface area contributed by atoms with Crippen molar-refractivity contribution in [2.45, 2.75) is 57.5 Å². The van der Waals surface area contributed by atoms with Gasteiger partial charge in [-0.25, -0.2) is 8.42 Å². The molecule has 0 aliphatic heterocycles. The van der Waals surface area contributed by atoms with Crippen molar-refractivity contribution in [3.8, 4) is 0 Å². The molecule has 1 N–H and O–H groups in total. The molecule has 3 aromatic carbocycles. The molecule has 0 aliphatic rings. The predicted molar refractivity (Wildman–Crippen MR) is 161 cm³/mol. The molecule has 0 aromatic heterocycles. The Bertz CT molecular complexity index is 1400. The quantitative estimate of drug-likeness (QED) is 0.280. The number of hydrogen-bond donors (Lipinski definition) is 1. The van der Waals surface area contributed by atoms with E-state index >= 15 is 0 Å². The number of aryl methyl sites for hydroxylation is 1. The molecular formula is C30H35Cl2N3O4S. The van der Waals surface area contributed by atoms with Gasteiger partial charge in [0.2, 0.25) is 11.8 Å². The van der Waals surface area contributed by atoms with Gasteiger partial charge in [-0.2, -0.15) is 0 Å². The van der Waals surface area contributed by atoms with Crippen molar-refractivity contribution in [1.29, 1.82) is 0 Å². The van der Waals surface area contributed by atoms with E-state index in [1.807, 2.05) is 51.1 Å². The van der Waals surface area contributed by atoms with E-state index in [4.69, 9.17) is 23.2 Å². The van der Waals surface area contributed by atoms with Crippen molar-refractivity contribution in [3.05, 3.63) is 94.0 Å². The maximum atomic E-state index is 13.9. The lowest BCUT2D eigenvalue weighted by Gasteiger charge is -2.32. The normalized spacial score (nSPS) is 12.8. The van der Waals surface area contributed by atoms with Crippen LogP contribution in [0.15, 0.2) is 77.7 Å². The van der Waals surface area contributed by atoms with Crippen LogP contribution < -0.4 is 9.62 Å². The summed E-state index contributed by atoms with van der Waals surface area (Å²) in [4.78, 5) is 28.5. The van der Waals surface area contributed by atoms with Crippen LogP contribution in [0, 0.1) is 6.92 Å². The summed E-state index contributed by atoms with van der Waals surface area (Å²) in [5.74, 6) is -0.843. The highest BCUT2D eigenvalue weighted by Crippen LogP contribution is 2.30. The molecule has 0 saturated heterocycles. The Morgan fingerprint density at radius 2 is 1.52 bits per heavy atom. The molecule has 0 fully saturated rings. The molecule has 0 radical (unpaired) electrons. The summed E-state index contributed by atoms with van der Waals surface area (Å²) in [5.41, 5.74) is 2.02. The van der Waals surface area contributed by atoms with Crippen molar-refractivity contribution in [3.63, 3.8) is 0 Å². The molecule has 2 atom stereocenters. The first-order chi connectivity index (χ1) is 18.9. The van der Waals surface area contributed by atoms with Crippen LogP contribution in [0.1, 0.15) is 38.3 Å². The fraction of sp³-hybridized carbons (Fsp3) is 0.333. The number of sulfonamides is 1. The summed E-state index contributed by atoms with van der Waals surface area (Å²) in [6.45, 7) is 7.01. The molecule has 40 heavy (non-hydrogen) atoms. The minimum absolute atomic E-state index is 0.0143. The smallest absolute Gasteiger partial charge is 0.264 e. The average Bonchev–Trinajstić information content (AvgIpc) is 2.91. The monoisotopic (exact) mass is 603 g/mol. The largest absolute Gasteiger partial charge is 0.352 e. The number of amides is 2. The van der Waals surface area contributed by atoms with Gasteiger partial charge in [-0.3, -0.25) is 13.9 Å². The second-order valence-corrected chi connectivity index (χ2v) is 12.5. The van der Waals surface area contributed by atoms with Crippen molar-refractivity contribution in [2.24, 2.45) is 0 Å². The number of rotatable bonds is 12. The highest BCUT2D eigenvalue weighted by Gasteiger charge is 2.32. The number of carbonyl (C=O) groups is 2. The third-order valence-electron chi connectivity index (χ3n) is 6.68. The first-order valence-corrected chi connectivity index (χ1v) is 15.3. The summed E-state index contributed by atoms with van der Waals surface area (Å²) in [5, 5.41) is 3.37. The van der Waals surface area contributed by atoms with E-state index in [-0.39, 0.29) is 39.1 Å². The molecule has 3 rings (SSSR count). The molecule has 0 saturated carbocycles. The topological polar surface area (TPSA) is 86.8 Å². The number of nitrogens with one attached hydrogen (secondary N) is 1. The molecule has 3 aromatic rings.